The van der Waals surface area contributed by atoms with Crippen molar-refractivity contribution in [2.75, 3.05) is 0 Å². The molecule has 0 heterocycles. The molecule has 0 saturated carbocycles. The second-order valence-electron chi connectivity index (χ2n) is 0.606. The van der Waals surface area contributed by atoms with Crippen molar-refractivity contribution in [3.63, 3.8) is 0 Å². The summed E-state index contributed by atoms with van der Waals surface area (Å²) in [5.41, 5.74) is 0. The Hall–Kier alpha value is 2.48. The van der Waals surface area contributed by atoms with E-state index in [2.05, 4.69) is 23.8 Å². The Kier molecular flexibility index (Phi) is 4.04. The van der Waals surface area contributed by atoms with Crippen LogP contribution in [0.5, 0.6) is 0 Å². The first kappa shape index (κ1) is 7.48. The summed E-state index contributed by atoms with van der Waals surface area (Å²) in [6.07, 6.45) is 0. The van der Waals surface area contributed by atoms with Crippen LogP contribution in [0, 0.1) is 0 Å². The van der Waals surface area contributed by atoms with Crippen LogP contribution in [-0.2, 0) is 14.2 Å². The molecule has 0 aromatic carbocycles. The summed E-state index contributed by atoms with van der Waals surface area (Å²) in [5.74, 6) is 0. The first-order valence-corrected chi connectivity index (χ1v) is 38.4. The van der Waals surface area contributed by atoms with E-state index in [1.165, 1.54) is 0 Å². The molecule has 0 amide bonds. The van der Waals surface area contributed by atoms with Crippen molar-refractivity contribution < 1.29 is 14.2 Å². The van der Waals surface area contributed by atoms with E-state index in [9.17, 15) is 0 Å². The monoisotopic (exact) mass is 430 g/mol. The summed E-state index contributed by atoms with van der Waals surface area (Å²) in [7, 11) is 10.7. The fraction of sp³-hybridized carbons (Fsp3) is 0. The molecule has 32 valence electrons. The summed E-state index contributed by atoms with van der Waals surface area (Å²) in [6, 6.07) is 0. The molecule has 0 bridgehead atoms. The first-order chi connectivity index (χ1) is 2.00. The van der Waals surface area contributed by atoms with Gasteiger partial charge in [-0.25, -0.2) is 0 Å². The van der Waals surface area contributed by atoms with Gasteiger partial charge in [-0.05, 0) is 0 Å². The molecular weight excluding hydrogens is 431 g/mol. The zero-order valence-corrected chi connectivity index (χ0v) is 12.4. The molecule has 0 nitrogen and oxygen atoms in total. The van der Waals surface area contributed by atoms with Crippen molar-refractivity contribution in [2.24, 2.45) is 0 Å². The van der Waals surface area contributed by atoms with Gasteiger partial charge in [0.05, 0.1) is 0 Å². The Balaban J connectivity index is 3.02. The Morgan fingerprint density at radius 1 is 1.20 bits per heavy atom. The molecule has 0 N–H and O–H groups in total. The van der Waals surface area contributed by atoms with Gasteiger partial charge >= 0.3 is 54.5 Å². The van der Waals surface area contributed by atoms with Gasteiger partial charge in [-0.3, -0.25) is 0 Å². The fourth-order valence-electron chi connectivity index (χ4n) is 0. The normalized spacial score (nSPS) is 12.0. The molecule has 0 radical (unpaired) electrons. The van der Waals surface area contributed by atoms with Crippen LogP contribution >= 0.6 is 40.3 Å². The van der Waals surface area contributed by atoms with Crippen molar-refractivity contribution in [1.29, 1.82) is 0 Å². The molecule has 5 heavy (non-hydrogen) atoms. The van der Waals surface area contributed by atoms with Gasteiger partial charge in [0.25, 0.3) is 0 Å². The minimum absolute atomic E-state index is 2.82. The molecule has 0 rings (SSSR count). The van der Waals surface area contributed by atoms with Gasteiger partial charge in [-0.15, -0.1) is 0 Å². The fourth-order valence-corrected chi connectivity index (χ4v) is 0. The minimum atomic E-state index is -2.82. The van der Waals surface area contributed by atoms with Gasteiger partial charge in [0, 0.05) is 0 Å². The predicted molar refractivity (Wildman–Crippen MR) is 29.6 cm³/mol. The van der Waals surface area contributed by atoms with E-state index in [0.29, 0.717) is 0 Å². The topological polar surface area (TPSA) is 0 Å². The van der Waals surface area contributed by atoms with Crippen LogP contribution < -0.4 is 0 Å². The van der Waals surface area contributed by atoms with Crippen LogP contribution in [0.2, 0.25) is 0 Å². The van der Waals surface area contributed by atoms with E-state index in [4.69, 9.17) is 16.5 Å². The third-order valence-electron chi connectivity index (χ3n) is 0. The zero-order valence-electron chi connectivity index (χ0n) is 2.22. The molecule has 5 heteroatoms. The third-order valence-corrected chi connectivity index (χ3v) is 0. The van der Waals surface area contributed by atoms with Gasteiger partial charge in [0.2, 0.25) is 0 Å². The average Bonchev–Trinajstić information content (AvgIpc) is 0.722. The molecule has 0 unspecified atom stereocenters. The predicted octanol–water partition coefficient (Wildman–Crippen LogP) is 3.07. The van der Waals surface area contributed by atoms with Crippen molar-refractivity contribution in [3.8, 4) is 0 Å². The Bertz CT molecular complexity index is 23.1. The van der Waals surface area contributed by atoms with Gasteiger partial charge in [-0.1, -0.05) is 0 Å². The zero-order chi connectivity index (χ0) is 4.50. The molecule has 0 fully saturated rings. The average molecular weight is 431 g/mol. The van der Waals surface area contributed by atoms with Crippen LogP contribution in [0.4, 0.5) is 0 Å². The summed E-state index contributed by atoms with van der Waals surface area (Å²) in [5, 5.41) is 0. The quantitative estimate of drug-likeness (QED) is 0.518. The summed E-state index contributed by atoms with van der Waals surface area (Å²) >= 11 is 3.30. The Morgan fingerprint density at radius 3 is 1.20 bits per heavy atom. The molecule has 0 aromatic heterocycles. The third kappa shape index (κ3) is 21.2. The van der Waals surface area contributed by atoms with Gasteiger partial charge in [0.1, 0.15) is 0 Å². The van der Waals surface area contributed by atoms with Crippen molar-refractivity contribution >= 4 is 40.3 Å². The van der Waals surface area contributed by atoms with Crippen LogP contribution in [-0.4, -0.2) is 0 Å². The van der Waals surface area contributed by atoms with Gasteiger partial charge in [-0.2, -0.15) is 0 Å². The van der Waals surface area contributed by atoms with E-state index in [1.807, 2.05) is 0 Å². The maximum absolute atomic E-state index is 5.36. The van der Waals surface area contributed by atoms with Crippen LogP contribution in [0.1, 0.15) is 0 Å². The second kappa shape index (κ2) is 2.70. The van der Waals surface area contributed by atoms with E-state index in [0.717, 1.165) is 0 Å². The number of hydrogen-bond acceptors (Lipinski definition) is 0. The summed E-state index contributed by atoms with van der Waals surface area (Å²) in [6.45, 7) is 0. The van der Waals surface area contributed by atoms with Crippen LogP contribution in [0.3, 0.4) is 0 Å². The molecule has 0 saturated heterocycles. The van der Waals surface area contributed by atoms with E-state index in [1.54, 1.807) is 0 Å². The van der Waals surface area contributed by atoms with Crippen molar-refractivity contribution in [3.05, 3.63) is 0 Å². The van der Waals surface area contributed by atoms with Gasteiger partial charge < -0.3 is 0 Å². The van der Waals surface area contributed by atoms with Crippen molar-refractivity contribution in [1.82, 2.24) is 0 Å². The summed E-state index contributed by atoms with van der Waals surface area (Å²) in [4.78, 5) is 0. The Labute approximate surface area is 53.3 Å². The van der Waals surface area contributed by atoms with Crippen LogP contribution in [0.25, 0.3) is 0 Å². The first-order valence-electron chi connectivity index (χ1n) is 1.07. The molecule has 0 aliphatic rings. The van der Waals surface area contributed by atoms with Crippen LogP contribution in [0.15, 0.2) is 0 Å². The number of rotatable bonds is 0. The molecular formula is Br2Cl2Hg-2. The number of hydrogen-bond donors (Lipinski definition) is 0. The SMILES string of the molecule is [Cl][Hg-2]([Cl])([Br])[Br]. The van der Waals surface area contributed by atoms with E-state index >= 15 is 0 Å². The molecule has 0 aliphatic carbocycles. The Morgan fingerprint density at radius 2 is 1.20 bits per heavy atom. The van der Waals surface area contributed by atoms with E-state index < -0.39 is 14.2 Å². The van der Waals surface area contributed by atoms with E-state index in [-0.39, 0.29) is 0 Å². The van der Waals surface area contributed by atoms with Crippen molar-refractivity contribution in [2.45, 2.75) is 0 Å². The molecule has 0 aromatic rings. The van der Waals surface area contributed by atoms with Gasteiger partial charge in [0.15, 0.2) is 0 Å². The molecule has 0 spiro atoms. The molecule has 0 aliphatic heterocycles. The standard InChI is InChI=1S/2BrH.2ClH.Hg/h4*1H;/q;;;;+2/p-4. The maximum atomic E-state index is 5.36. The second-order valence-corrected chi connectivity index (χ2v) is 87.2. The number of halogens is 4. The molecule has 0 atom stereocenters. The summed E-state index contributed by atoms with van der Waals surface area (Å²) < 4.78 is 0.